The monoisotopic (exact) mass is 331 g/mol. The number of benzene rings is 5. The lowest BCUT2D eigenvalue weighted by molar-refractivity contribution is 1.17. The Morgan fingerprint density at radius 1 is 0.462 bits per heavy atom. The molecule has 1 nitrogen and oxygen atoms in total. The highest BCUT2D eigenvalue weighted by molar-refractivity contribution is 6.26. The molecule has 6 rings (SSSR count). The van der Waals surface area contributed by atoms with Gasteiger partial charge < -0.3 is 5.32 Å². The van der Waals surface area contributed by atoms with Gasteiger partial charge >= 0.3 is 0 Å². The van der Waals surface area contributed by atoms with Crippen LogP contribution in [0.5, 0.6) is 0 Å². The van der Waals surface area contributed by atoms with E-state index in [1.165, 1.54) is 54.8 Å². The van der Waals surface area contributed by atoms with Crippen molar-refractivity contribution in [2.45, 2.75) is 6.42 Å². The molecule has 1 aliphatic heterocycles. The molecule has 26 heavy (non-hydrogen) atoms. The van der Waals surface area contributed by atoms with Crippen molar-refractivity contribution in [2.24, 2.45) is 0 Å². The van der Waals surface area contributed by atoms with Crippen LogP contribution in [0, 0.1) is 0 Å². The largest absolute Gasteiger partial charge is 0.355 e. The number of para-hydroxylation sites is 1. The van der Waals surface area contributed by atoms with E-state index in [0.29, 0.717) is 0 Å². The molecule has 0 spiro atoms. The van der Waals surface area contributed by atoms with Crippen molar-refractivity contribution >= 4 is 43.7 Å². The summed E-state index contributed by atoms with van der Waals surface area (Å²) < 4.78 is 0. The van der Waals surface area contributed by atoms with Crippen LogP contribution < -0.4 is 5.32 Å². The van der Waals surface area contributed by atoms with Gasteiger partial charge in [-0.15, -0.1) is 0 Å². The first-order valence-corrected chi connectivity index (χ1v) is 9.09. The Kier molecular flexibility index (Phi) is 2.72. The fourth-order valence-corrected chi connectivity index (χ4v) is 4.41. The number of hydrogen-bond donors (Lipinski definition) is 1. The third kappa shape index (κ3) is 1.86. The zero-order valence-corrected chi connectivity index (χ0v) is 14.3. The Balaban J connectivity index is 1.75. The van der Waals surface area contributed by atoms with Gasteiger partial charge in [0.25, 0.3) is 0 Å². The third-order valence-corrected chi connectivity index (χ3v) is 5.64. The summed E-state index contributed by atoms with van der Waals surface area (Å²) in [5.74, 6) is 0. The van der Waals surface area contributed by atoms with Gasteiger partial charge in [-0.05, 0) is 61.6 Å². The Morgan fingerprint density at radius 3 is 1.69 bits per heavy atom. The van der Waals surface area contributed by atoms with Crippen molar-refractivity contribution in [1.29, 1.82) is 0 Å². The zero-order chi connectivity index (χ0) is 17.1. The molecule has 0 fully saturated rings. The fourth-order valence-electron chi connectivity index (χ4n) is 4.41. The van der Waals surface area contributed by atoms with Crippen molar-refractivity contribution in [1.82, 2.24) is 0 Å². The van der Waals surface area contributed by atoms with Gasteiger partial charge in [0.1, 0.15) is 0 Å². The van der Waals surface area contributed by atoms with Crippen LogP contribution in [0.4, 0.5) is 11.4 Å². The van der Waals surface area contributed by atoms with Crippen molar-refractivity contribution < 1.29 is 0 Å². The molecule has 5 aromatic rings. The minimum absolute atomic E-state index is 0.982. The van der Waals surface area contributed by atoms with Crippen LogP contribution in [-0.4, -0.2) is 0 Å². The highest BCUT2D eigenvalue weighted by atomic mass is 14.9. The summed E-state index contributed by atoms with van der Waals surface area (Å²) in [6, 6.07) is 30.9. The van der Waals surface area contributed by atoms with E-state index in [-0.39, 0.29) is 0 Å². The maximum absolute atomic E-state index is 3.65. The summed E-state index contributed by atoms with van der Waals surface area (Å²) in [6.45, 7) is 0. The first kappa shape index (κ1) is 13.9. The molecule has 0 atom stereocenters. The normalized spacial score (nSPS) is 12.8. The lowest BCUT2D eigenvalue weighted by atomic mass is 9.89. The first-order valence-electron chi connectivity index (χ1n) is 9.09. The zero-order valence-electron chi connectivity index (χ0n) is 14.3. The van der Waals surface area contributed by atoms with E-state index in [9.17, 15) is 0 Å². The predicted molar refractivity (Wildman–Crippen MR) is 111 cm³/mol. The maximum Gasteiger partial charge on any atom is 0.0426 e. The molecule has 1 heteroatoms. The Labute approximate surface area is 151 Å². The summed E-state index contributed by atoms with van der Waals surface area (Å²) >= 11 is 0. The highest BCUT2D eigenvalue weighted by Crippen LogP contribution is 2.40. The molecule has 0 unspecified atom stereocenters. The van der Waals surface area contributed by atoms with Gasteiger partial charge in [0, 0.05) is 17.8 Å². The Morgan fingerprint density at radius 2 is 1.00 bits per heavy atom. The number of fused-ring (bicyclic) bond motifs is 8. The van der Waals surface area contributed by atoms with Crippen molar-refractivity contribution in [3.63, 3.8) is 0 Å². The molecule has 0 amide bonds. The molecule has 0 radical (unpaired) electrons. The van der Waals surface area contributed by atoms with Crippen LogP contribution in [0.15, 0.2) is 84.9 Å². The van der Waals surface area contributed by atoms with Gasteiger partial charge in [-0.1, -0.05) is 66.7 Å². The van der Waals surface area contributed by atoms with E-state index >= 15 is 0 Å². The van der Waals surface area contributed by atoms with E-state index < -0.39 is 0 Å². The fraction of sp³-hybridized carbons (Fsp3) is 0.0400. The molecule has 1 heterocycles. The predicted octanol–water partition coefficient (Wildman–Crippen LogP) is 6.79. The molecule has 0 saturated carbocycles. The molecule has 0 saturated heterocycles. The van der Waals surface area contributed by atoms with Crippen molar-refractivity contribution in [2.75, 3.05) is 5.32 Å². The van der Waals surface area contributed by atoms with E-state index in [0.717, 1.165) is 6.42 Å². The van der Waals surface area contributed by atoms with Gasteiger partial charge in [0.05, 0.1) is 0 Å². The maximum atomic E-state index is 3.65. The van der Waals surface area contributed by atoms with Crippen LogP contribution in [0.2, 0.25) is 0 Å². The average Bonchev–Trinajstić information content (AvgIpc) is 2.71. The minimum Gasteiger partial charge on any atom is -0.355 e. The quantitative estimate of drug-likeness (QED) is 0.302. The van der Waals surface area contributed by atoms with Crippen molar-refractivity contribution in [3.8, 4) is 0 Å². The summed E-state index contributed by atoms with van der Waals surface area (Å²) in [4.78, 5) is 0. The molecule has 1 N–H and O–H groups in total. The molecule has 1 aliphatic rings. The second kappa shape index (κ2) is 5.09. The smallest absolute Gasteiger partial charge is 0.0426 e. The standard InChI is InChI=1S/C25H17N/c1-6-12-24-16(7-1)13-17-14-22-20-10-4-2-8-18(20)19-9-3-5-11-21(19)23(22)15-25(17)26-24/h1-12,14-15,26H,13H2. The van der Waals surface area contributed by atoms with Gasteiger partial charge in [-0.25, -0.2) is 0 Å². The molecule has 0 aromatic heterocycles. The van der Waals surface area contributed by atoms with E-state index in [4.69, 9.17) is 0 Å². The van der Waals surface area contributed by atoms with Gasteiger partial charge in [-0.2, -0.15) is 0 Å². The van der Waals surface area contributed by atoms with Crippen LogP contribution in [0.3, 0.4) is 0 Å². The van der Waals surface area contributed by atoms with E-state index in [2.05, 4.69) is 90.2 Å². The average molecular weight is 331 g/mol. The SMILES string of the molecule is c1ccc2c(c1)Cc1cc3c4ccccc4c4ccccc4c3cc1N2. The molecule has 122 valence electrons. The molecule has 0 bridgehead atoms. The first-order chi connectivity index (χ1) is 12.9. The summed E-state index contributed by atoms with van der Waals surface area (Å²) in [6.07, 6.45) is 0.982. The third-order valence-electron chi connectivity index (χ3n) is 5.64. The Bertz CT molecular complexity index is 1230. The molecular weight excluding hydrogens is 314 g/mol. The van der Waals surface area contributed by atoms with E-state index in [1.54, 1.807) is 0 Å². The molecular formula is C25H17N. The topological polar surface area (TPSA) is 12.0 Å². The van der Waals surface area contributed by atoms with Crippen LogP contribution >= 0.6 is 0 Å². The lowest BCUT2D eigenvalue weighted by Crippen LogP contribution is -2.06. The number of anilines is 2. The summed E-state index contributed by atoms with van der Waals surface area (Å²) in [5.41, 5.74) is 5.20. The second-order valence-electron chi connectivity index (χ2n) is 7.11. The summed E-state index contributed by atoms with van der Waals surface area (Å²) in [5, 5.41) is 11.6. The second-order valence-corrected chi connectivity index (χ2v) is 7.11. The molecule has 5 aromatic carbocycles. The Hall–Kier alpha value is -3.32. The van der Waals surface area contributed by atoms with Gasteiger partial charge in [-0.3, -0.25) is 0 Å². The van der Waals surface area contributed by atoms with Crippen LogP contribution in [0.1, 0.15) is 11.1 Å². The van der Waals surface area contributed by atoms with Crippen molar-refractivity contribution in [3.05, 3.63) is 96.1 Å². The van der Waals surface area contributed by atoms with Gasteiger partial charge in [0.2, 0.25) is 0 Å². The lowest BCUT2D eigenvalue weighted by Gasteiger charge is -2.23. The number of nitrogens with one attached hydrogen (secondary N) is 1. The number of rotatable bonds is 0. The van der Waals surface area contributed by atoms with E-state index in [1.807, 2.05) is 0 Å². The molecule has 0 aliphatic carbocycles. The number of hydrogen-bond acceptors (Lipinski definition) is 1. The highest BCUT2D eigenvalue weighted by Gasteiger charge is 2.17. The van der Waals surface area contributed by atoms with Crippen LogP contribution in [0.25, 0.3) is 32.3 Å². The summed E-state index contributed by atoms with van der Waals surface area (Å²) in [7, 11) is 0. The van der Waals surface area contributed by atoms with Gasteiger partial charge in [0.15, 0.2) is 0 Å². The van der Waals surface area contributed by atoms with Crippen LogP contribution in [-0.2, 0) is 6.42 Å². The minimum atomic E-state index is 0.982.